The third kappa shape index (κ3) is 3.20. The molecule has 0 spiro atoms. The van der Waals surface area contributed by atoms with Crippen molar-refractivity contribution in [1.82, 2.24) is 9.88 Å². The fourth-order valence-electron chi connectivity index (χ4n) is 3.58. The van der Waals surface area contributed by atoms with Gasteiger partial charge in [-0.2, -0.15) is 0 Å². The van der Waals surface area contributed by atoms with Crippen LogP contribution < -0.4 is 0 Å². The first kappa shape index (κ1) is 14.8. The monoisotopic (exact) mass is 292 g/mol. The summed E-state index contributed by atoms with van der Waals surface area (Å²) in [4.78, 5) is 6.76. The summed E-state index contributed by atoms with van der Waals surface area (Å²) >= 11 is 0. The van der Waals surface area contributed by atoms with Gasteiger partial charge < -0.3 is 14.9 Å². The Bertz CT molecular complexity index is 494. The molecule has 1 aliphatic heterocycles. The Hall–Kier alpha value is -1.17. The molecule has 2 heterocycles. The standard InChI is InChI=1S/C16H24N2O3/c1-11-5-6-16(20)13(17-11)9-18-7-8-21-10-14(18)12-3-2-4-15(12)19/h5-6,12,14-15,19-20H,2-4,7-10H2,1H3. The van der Waals surface area contributed by atoms with Crippen molar-refractivity contribution in [2.45, 2.75) is 44.9 Å². The fourth-order valence-corrected chi connectivity index (χ4v) is 3.58. The van der Waals surface area contributed by atoms with E-state index in [-0.39, 0.29) is 23.8 Å². The van der Waals surface area contributed by atoms with Gasteiger partial charge in [-0.25, -0.2) is 0 Å². The van der Waals surface area contributed by atoms with Crippen LogP contribution in [0.15, 0.2) is 12.1 Å². The Morgan fingerprint density at radius 1 is 1.38 bits per heavy atom. The Labute approximate surface area is 125 Å². The summed E-state index contributed by atoms with van der Waals surface area (Å²) in [6, 6.07) is 3.74. The number of aliphatic hydroxyl groups is 1. The molecule has 2 N–H and O–H groups in total. The molecular weight excluding hydrogens is 268 g/mol. The van der Waals surface area contributed by atoms with E-state index in [1.165, 1.54) is 0 Å². The topological polar surface area (TPSA) is 65.8 Å². The number of rotatable bonds is 3. The molecule has 1 aromatic rings. The third-order valence-corrected chi connectivity index (χ3v) is 4.75. The maximum Gasteiger partial charge on any atom is 0.138 e. The van der Waals surface area contributed by atoms with Gasteiger partial charge in [-0.15, -0.1) is 0 Å². The van der Waals surface area contributed by atoms with E-state index >= 15 is 0 Å². The van der Waals surface area contributed by atoms with Crippen molar-refractivity contribution in [3.05, 3.63) is 23.5 Å². The number of ether oxygens (including phenoxy) is 1. The molecular formula is C16H24N2O3. The van der Waals surface area contributed by atoms with Crippen molar-refractivity contribution >= 4 is 0 Å². The summed E-state index contributed by atoms with van der Waals surface area (Å²) in [7, 11) is 0. The number of aryl methyl sites for hydroxylation is 1. The van der Waals surface area contributed by atoms with Crippen molar-refractivity contribution in [3.8, 4) is 5.75 Å². The second kappa shape index (κ2) is 6.30. The van der Waals surface area contributed by atoms with E-state index < -0.39 is 0 Å². The number of hydrogen-bond donors (Lipinski definition) is 2. The molecule has 0 aromatic carbocycles. The normalized spacial score (nSPS) is 30.7. The van der Waals surface area contributed by atoms with Gasteiger partial charge in [0.05, 0.1) is 25.0 Å². The first-order chi connectivity index (χ1) is 10.1. The van der Waals surface area contributed by atoms with Crippen LogP contribution in [-0.4, -0.2) is 52.0 Å². The summed E-state index contributed by atoms with van der Waals surface area (Å²) in [6.45, 7) is 4.73. The van der Waals surface area contributed by atoms with Gasteiger partial charge in [-0.1, -0.05) is 6.42 Å². The van der Waals surface area contributed by atoms with Crippen LogP contribution in [0, 0.1) is 12.8 Å². The van der Waals surface area contributed by atoms with Crippen LogP contribution in [0.3, 0.4) is 0 Å². The molecule has 2 fully saturated rings. The molecule has 1 saturated heterocycles. The predicted octanol–water partition coefficient (Wildman–Crippen LogP) is 1.46. The number of hydrogen-bond acceptors (Lipinski definition) is 5. The Balaban J connectivity index is 1.76. The van der Waals surface area contributed by atoms with E-state index in [0.717, 1.165) is 37.2 Å². The van der Waals surface area contributed by atoms with Crippen LogP contribution in [0.4, 0.5) is 0 Å². The lowest BCUT2D eigenvalue weighted by molar-refractivity contribution is -0.0542. The van der Waals surface area contributed by atoms with Crippen molar-refractivity contribution < 1.29 is 14.9 Å². The van der Waals surface area contributed by atoms with Crippen molar-refractivity contribution in [2.75, 3.05) is 19.8 Å². The van der Waals surface area contributed by atoms with Crippen molar-refractivity contribution in [1.29, 1.82) is 0 Å². The molecule has 2 aliphatic rings. The molecule has 1 aromatic heterocycles. The lowest BCUT2D eigenvalue weighted by Gasteiger charge is -2.40. The maximum absolute atomic E-state index is 10.2. The number of aromatic nitrogens is 1. The van der Waals surface area contributed by atoms with Gasteiger partial charge in [0.15, 0.2) is 0 Å². The van der Waals surface area contributed by atoms with Gasteiger partial charge in [-0.05, 0) is 31.9 Å². The van der Waals surface area contributed by atoms with Gasteiger partial charge in [0.1, 0.15) is 5.75 Å². The zero-order chi connectivity index (χ0) is 14.8. The molecule has 1 aliphatic carbocycles. The van der Waals surface area contributed by atoms with E-state index in [4.69, 9.17) is 4.74 Å². The Morgan fingerprint density at radius 3 is 3.00 bits per heavy atom. The van der Waals surface area contributed by atoms with Crippen LogP contribution >= 0.6 is 0 Å². The zero-order valence-corrected chi connectivity index (χ0v) is 12.5. The van der Waals surface area contributed by atoms with Crippen molar-refractivity contribution in [3.63, 3.8) is 0 Å². The van der Waals surface area contributed by atoms with Crippen LogP contribution in [0.2, 0.25) is 0 Å². The number of nitrogens with zero attached hydrogens (tertiary/aromatic N) is 2. The molecule has 5 heteroatoms. The van der Waals surface area contributed by atoms with E-state index in [1.54, 1.807) is 6.07 Å². The molecule has 5 nitrogen and oxygen atoms in total. The summed E-state index contributed by atoms with van der Waals surface area (Å²) in [6.07, 6.45) is 2.81. The quantitative estimate of drug-likeness (QED) is 0.883. The van der Waals surface area contributed by atoms with Gasteiger partial charge in [0, 0.05) is 30.7 Å². The number of aromatic hydroxyl groups is 1. The average molecular weight is 292 g/mol. The number of morpholine rings is 1. The van der Waals surface area contributed by atoms with Crippen LogP contribution in [0.1, 0.15) is 30.7 Å². The summed E-state index contributed by atoms with van der Waals surface area (Å²) in [5.74, 6) is 0.523. The second-order valence-corrected chi connectivity index (χ2v) is 6.19. The summed E-state index contributed by atoms with van der Waals surface area (Å²) in [5.41, 5.74) is 1.63. The second-order valence-electron chi connectivity index (χ2n) is 6.19. The Morgan fingerprint density at radius 2 is 2.24 bits per heavy atom. The largest absolute Gasteiger partial charge is 0.506 e. The minimum absolute atomic E-state index is 0.220. The molecule has 1 saturated carbocycles. The van der Waals surface area contributed by atoms with Crippen LogP contribution in [0.25, 0.3) is 0 Å². The van der Waals surface area contributed by atoms with Gasteiger partial charge in [0.25, 0.3) is 0 Å². The summed E-state index contributed by atoms with van der Waals surface area (Å²) < 4.78 is 5.63. The van der Waals surface area contributed by atoms with E-state index in [9.17, 15) is 10.2 Å². The third-order valence-electron chi connectivity index (χ3n) is 4.75. The molecule has 3 rings (SSSR count). The highest BCUT2D eigenvalue weighted by Crippen LogP contribution is 2.33. The van der Waals surface area contributed by atoms with Gasteiger partial charge >= 0.3 is 0 Å². The van der Waals surface area contributed by atoms with Crippen molar-refractivity contribution in [2.24, 2.45) is 5.92 Å². The molecule has 3 unspecified atom stereocenters. The van der Waals surface area contributed by atoms with E-state index in [1.807, 2.05) is 13.0 Å². The zero-order valence-electron chi connectivity index (χ0n) is 12.5. The highest BCUT2D eigenvalue weighted by atomic mass is 16.5. The minimum Gasteiger partial charge on any atom is -0.506 e. The van der Waals surface area contributed by atoms with Crippen LogP contribution in [-0.2, 0) is 11.3 Å². The number of pyridine rings is 1. The van der Waals surface area contributed by atoms with Crippen LogP contribution in [0.5, 0.6) is 5.75 Å². The Kier molecular flexibility index (Phi) is 4.42. The average Bonchev–Trinajstić information content (AvgIpc) is 2.90. The lowest BCUT2D eigenvalue weighted by Crippen LogP contribution is -2.50. The summed E-state index contributed by atoms with van der Waals surface area (Å²) in [5, 5.41) is 20.2. The first-order valence-electron chi connectivity index (χ1n) is 7.80. The van der Waals surface area contributed by atoms with Gasteiger partial charge in [-0.3, -0.25) is 9.88 Å². The van der Waals surface area contributed by atoms with Gasteiger partial charge in [0.2, 0.25) is 0 Å². The molecule has 116 valence electrons. The number of aliphatic hydroxyl groups excluding tert-OH is 1. The molecule has 0 amide bonds. The molecule has 3 atom stereocenters. The maximum atomic E-state index is 10.2. The first-order valence-corrected chi connectivity index (χ1v) is 7.80. The van der Waals surface area contributed by atoms with E-state index in [0.29, 0.717) is 19.8 Å². The molecule has 21 heavy (non-hydrogen) atoms. The highest BCUT2D eigenvalue weighted by molar-refractivity contribution is 5.27. The molecule has 0 radical (unpaired) electrons. The van der Waals surface area contributed by atoms with E-state index in [2.05, 4.69) is 9.88 Å². The molecule has 0 bridgehead atoms. The minimum atomic E-state index is -0.224. The smallest absolute Gasteiger partial charge is 0.138 e. The predicted molar refractivity (Wildman–Crippen MR) is 79.0 cm³/mol. The highest BCUT2D eigenvalue weighted by Gasteiger charge is 2.37. The fraction of sp³-hybridized carbons (Fsp3) is 0.688. The SMILES string of the molecule is Cc1ccc(O)c(CN2CCOCC2C2CCCC2O)n1. The lowest BCUT2D eigenvalue weighted by atomic mass is 9.94.